The lowest BCUT2D eigenvalue weighted by Crippen LogP contribution is -2.43. The second kappa shape index (κ2) is 3.85. The van der Waals surface area contributed by atoms with Crippen molar-refractivity contribution in [1.82, 2.24) is 15.2 Å². The Labute approximate surface area is 101 Å². The summed E-state index contributed by atoms with van der Waals surface area (Å²) >= 11 is 3.13. The second-order valence-electron chi connectivity index (χ2n) is 4.36. The number of piperidine rings is 1. The third kappa shape index (κ3) is 1.76. The summed E-state index contributed by atoms with van der Waals surface area (Å²) in [6.07, 6.45) is 2.67. The highest BCUT2D eigenvalue weighted by Crippen LogP contribution is 2.27. The second-order valence-corrected chi connectivity index (χ2v) is 5.14. The van der Waals surface area contributed by atoms with Crippen molar-refractivity contribution >= 4 is 21.8 Å². The summed E-state index contributed by atoms with van der Waals surface area (Å²) < 4.78 is 5.60. The number of fused-ring (bicyclic) bond motifs is 2. The maximum atomic E-state index is 11.8. The zero-order valence-corrected chi connectivity index (χ0v) is 10.2. The predicted molar refractivity (Wildman–Crippen MR) is 60.0 cm³/mol. The number of amides is 1. The van der Waals surface area contributed by atoms with E-state index in [0.717, 1.165) is 13.1 Å². The van der Waals surface area contributed by atoms with Crippen LogP contribution in [0.1, 0.15) is 17.1 Å². The molecular formula is C10H12BrN3O2. The molecule has 0 aliphatic carbocycles. The lowest BCUT2D eigenvalue weighted by Gasteiger charge is -2.22. The van der Waals surface area contributed by atoms with E-state index in [9.17, 15) is 4.79 Å². The van der Waals surface area contributed by atoms with Gasteiger partial charge in [0.25, 0.3) is 5.89 Å². The molecule has 1 aromatic rings. The number of carbonyl (C=O) groups is 1. The highest BCUT2D eigenvalue weighted by Gasteiger charge is 2.39. The standard InChI is InChI=1S/C10H12BrN3O2/c11-8-3-12-10(16-8)9(15)13-7-5-14-2-1-6(7)4-14/h3,6-7H,1-2,4-5H2,(H,13,15)/t6-,7?/m0/s1. The van der Waals surface area contributed by atoms with Crippen LogP contribution < -0.4 is 5.32 Å². The van der Waals surface area contributed by atoms with E-state index in [0.29, 0.717) is 10.6 Å². The molecule has 1 aromatic heterocycles. The van der Waals surface area contributed by atoms with Gasteiger partial charge in [0.1, 0.15) is 0 Å². The van der Waals surface area contributed by atoms with Gasteiger partial charge in [0.05, 0.1) is 6.20 Å². The molecule has 3 atom stereocenters. The van der Waals surface area contributed by atoms with Crippen molar-refractivity contribution in [3.8, 4) is 0 Å². The Morgan fingerprint density at radius 3 is 3.06 bits per heavy atom. The van der Waals surface area contributed by atoms with Gasteiger partial charge in [-0.05, 0) is 34.8 Å². The number of hydrogen-bond acceptors (Lipinski definition) is 4. The topological polar surface area (TPSA) is 58.4 Å². The van der Waals surface area contributed by atoms with Gasteiger partial charge in [-0.1, -0.05) is 0 Å². The summed E-state index contributed by atoms with van der Waals surface area (Å²) in [5.41, 5.74) is 0. The smallest absolute Gasteiger partial charge is 0.307 e. The molecule has 0 spiro atoms. The van der Waals surface area contributed by atoms with E-state index in [4.69, 9.17) is 4.42 Å². The van der Waals surface area contributed by atoms with Gasteiger partial charge in [0.15, 0.2) is 4.67 Å². The molecule has 2 saturated heterocycles. The van der Waals surface area contributed by atoms with E-state index in [1.165, 1.54) is 19.2 Å². The molecule has 16 heavy (non-hydrogen) atoms. The SMILES string of the molecule is O=C(NC1CN2CC[C@H]1C2)c1ncc(Br)o1. The van der Waals surface area contributed by atoms with Gasteiger partial charge in [-0.2, -0.15) is 0 Å². The van der Waals surface area contributed by atoms with Crippen LogP contribution in [0, 0.1) is 5.92 Å². The van der Waals surface area contributed by atoms with Crippen molar-refractivity contribution in [3.63, 3.8) is 0 Å². The summed E-state index contributed by atoms with van der Waals surface area (Å²) in [7, 11) is 0. The average Bonchev–Trinajstić information content (AvgIpc) is 2.92. The third-order valence-corrected chi connectivity index (χ3v) is 3.69. The van der Waals surface area contributed by atoms with Gasteiger partial charge in [-0.3, -0.25) is 4.79 Å². The molecule has 2 bridgehead atoms. The highest BCUT2D eigenvalue weighted by molar-refractivity contribution is 9.10. The van der Waals surface area contributed by atoms with E-state index in [2.05, 4.69) is 31.1 Å². The summed E-state index contributed by atoms with van der Waals surface area (Å²) in [6.45, 7) is 3.24. The first-order valence-corrected chi connectivity index (χ1v) is 6.16. The third-order valence-electron chi connectivity index (χ3n) is 3.32. The minimum atomic E-state index is -0.218. The molecule has 1 amide bonds. The monoisotopic (exact) mass is 285 g/mol. The zero-order chi connectivity index (χ0) is 11.1. The molecule has 0 radical (unpaired) electrons. The van der Waals surface area contributed by atoms with Crippen molar-refractivity contribution in [3.05, 3.63) is 16.8 Å². The molecular weight excluding hydrogens is 274 g/mol. The maximum absolute atomic E-state index is 11.8. The van der Waals surface area contributed by atoms with Crippen molar-refractivity contribution in [2.75, 3.05) is 19.6 Å². The first-order valence-electron chi connectivity index (χ1n) is 5.37. The van der Waals surface area contributed by atoms with Crippen molar-refractivity contribution in [1.29, 1.82) is 0 Å². The van der Waals surface area contributed by atoms with Crippen LogP contribution in [0.4, 0.5) is 0 Å². The summed E-state index contributed by atoms with van der Waals surface area (Å²) in [4.78, 5) is 18.0. The molecule has 6 heteroatoms. The first kappa shape index (κ1) is 10.3. The number of carbonyl (C=O) groups excluding carboxylic acids is 1. The predicted octanol–water partition coefficient (Wildman–Crippen LogP) is 0.871. The van der Waals surface area contributed by atoms with E-state index < -0.39 is 0 Å². The van der Waals surface area contributed by atoms with E-state index in [1.54, 1.807) is 0 Å². The lowest BCUT2D eigenvalue weighted by atomic mass is 10.0. The van der Waals surface area contributed by atoms with Crippen LogP contribution in [0.2, 0.25) is 0 Å². The summed E-state index contributed by atoms with van der Waals surface area (Å²) in [5.74, 6) is 0.511. The quantitative estimate of drug-likeness (QED) is 0.876. The number of rotatable bonds is 2. The lowest BCUT2D eigenvalue weighted by molar-refractivity contribution is 0.0888. The highest BCUT2D eigenvalue weighted by atomic mass is 79.9. The maximum Gasteiger partial charge on any atom is 0.307 e. The van der Waals surface area contributed by atoms with Gasteiger partial charge in [-0.25, -0.2) is 4.98 Å². The number of aromatic nitrogens is 1. The normalized spacial score (nSPS) is 31.9. The molecule has 3 heterocycles. The first-order chi connectivity index (χ1) is 7.72. The number of hydrogen-bond donors (Lipinski definition) is 1. The van der Waals surface area contributed by atoms with Gasteiger partial charge >= 0.3 is 5.91 Å². The summed E-state index contributed by atoms with van der Waals surface area (Å²) in [5, 5.41) is 2.98. The Morgan fingerprint density at radius 2 is 2.50 bits per heavy atom. The van der Waals surface area contributed by atoms with Crippen molar-refractivity contribution in [2.24, 2.45) is 5.92 Å². The molecule has 2 aliphatic heterocycles. The number of halogens is 1. The van der Waals surface area contributed by atoms with Crippen LogP contribution in [0.15, 0.2) is 15.3 Å². The fraction of sp³-hybridized carbons (Fsp3) is 0.600. The zero-order valence-electron chi connectivity index (χ0n) is 8.65. The Hall–Kier alpha value is -0.880. The van der Waals surface area contributed by atoms with Gasteiger partial charge in [0.2, 0.25) is 0 Å². The molecule has 2 unspecified atom stereocenters. The number of nitrogens with one attached hydrogen (secondary N) is 1. The van der Waals surface area contributed by atoms with Crippen LogP contribution in [0.5, 0.6) is 0 Å². The molecule has 0 aromatic carbocycles. The van der Waals surface area contributed by atoms with Crippen LogP contribution in [0.25, 0.3) is 0 Å². The van der Waals surface area contributed by atoms with Crippen molar-refractivity contribution < 1.29 is 9.21 Å². The Kier molecular flexibility index (Phi) is 2.48. The average molecular weight is 286 g/mol. The molecule has 86 valence electrons. The number of oxazole rings is 1. The Balaban J connectivity index is 1.65. The number of nitrogens with zero attached hydrogens (tertiary/aromatic N) is 2. The fourth-order valence-electron chi connectivity index (χ4n) is 2.54. The van der Waals surface area contributed by atoms with Gasteiger partial charge in [0, 0.05) is 19.1 Å². The Morgan fingerprint density at radius 1 is 1.62 bits per heavy atom. The van der Waals surface area contributed by atoms with Crippen LogP contribution in [-0.2, 0) is 0 Å². The van der Waals surface area contributed by atoms with Crippen LogP contribution in [0.3, 0.4) is 0 Å². The molecule has 5 nitrogen and oxygen atoms in total. The van der Waals surface area contributed by atoms with Crippen LogP contribution >= 0.6 is 15.9 Å². The molecule has 3 rings (SSSR count). The molecule has 1 N–H and O–H groups in total. The molecule has 2 fully saturated rings. The fourth-order valence-corrected chi connectivity index (χ4v) is 2.79. The van der Waals surface area contributed by atoms with Gasteiger partial charge < -0.3 is 14.6 Å². The van der Waals surface area contributed by atoms with Crippen molar-refractivity contribution in [2.45, 2.75) is 12.5 Å². The Bertz CT molecular complexity index is 420. The van der Waals surface area contributed by atoms with Crippen LogP contribution in [-0.4, -0.2) is 41.5 Å². The van der Waals surface area contributed by atoms with E-state index >= 15 is 0 Å². The largest absolute Gasteiger partial charge is 0.425 e. The van der Waals surface area contributed by atoms with E-state index in [1.807, 2.05) is 0 Å². The minimum Gasteiger partial charge on any atom is -0.425 e. The minimum absolute atomic E-state index is 0.129. The molecule has 0 saturated carbocycles. The van der Waals surface area contributed by atoms with E-state index in [-0.39, 0.29) is 17.8 Å². The van der Waals surface area contributed by atoms with Gasteiger partial charge in [-0.15, -0.1) is 0 Å². The summed E-state index contributed by atoms with van der Waals surface area (Å²) in [6, 6.07) is 0.256. The molecule has 2 aliphatic rings.